The van der Waals surface area contributed by atoms with Crippen molar-refractivity contribution >= 4 is 11.9 Å². The van der Waals surface area contributed by atoms with Gasteiger partial charge in [-0.3, -0.25) is 9.69 Å². The fraction of sp³-hybridized carbons (Fsp3) is 0.900. The Morgan fingerprint density at radius 1 is 1.08 bits per heavy atom. The van der Waals surface area contributed by atoms with Gasteiger partial charge in [-0.15, -0.1) is 0 Å². The van der Waals surface area contributed by atoms with Crippen LogP contribution in [-0.4, -0.2) is 60.6 Å². The normalized spacial score (nSPS) is 22.8. The molecule has 1 fully saturated rings. The third kappa shape index (κ3) is 8.39. The molecule has 0 aromatic carbocycles. The molecule has 1 aliphatic rings. The molecule has 0 spiro atoms. The number of carbonyl (C=O) groups excluding carboxylic acids is 1. The van der Waals surface area contributed by atoms with Gasteiger partial charge < -0.3 is 16.0 Å². The number of hydrogen-bond acceptors (Lipinski definition) is 3. The quantitative estimate of drug-likeness (QED) is 0.497. The van der Waals surface area contributed by atoms with Crippen molar-refractivity contribution < 1.29 is 4.79 Å². The van der Waals surface area contributed by atoms with E-state index in [-0.39, 0.29) is 23.5 Å². The third-order valence-electron chi connectivity index (χ3n) is 4.65. The third-order valence-corrected chi connectivity index (χ3v) is 4.65. The predicted octanol–water partition coefficient (Wildman–Crippen LogP) is 2.21. The van der Waals surface area contributed by atoms with E-state index in [0.29, 0.717) is 5.96 Å². The van der Waals surface area contributed by atoms with Gasteiger partial charge in [-0.25, -0.2) is 4.99 Å². The van der Waals surface area contributed by atoms with Gasteiger partial charge in [-0.05, 0) is 59.8 Å². The molecule has 1 saturated heterocycles. The molecule has 26 heavy (non-hydrogen) atoms. The number of amides is 1. The fourth-order valence-corrected chi connectivity index (χ4v) is 3.52. The first-order chi connectivity index (χ1) is 11.9. The lowest BCUT2D eigenvalue weighted by atomic mass is 9.88. The van der Waals surface area contributed by atoms with E-state index in [0.717, 1.165) is 38.0 Å². The number of hydrogen-bond donors (Lipinski definition) is 3. The lowest BCUT2D eigenvalue weighted by Gasteiger charge is -2.45. The largest absolute Gasteiger partial charge is 0.357 e. The molecule has 0 bridgehead atoms. The average Bonchev–Trinajstić information content (AvgIpc) is 2.47. The lowest BCUT2D eigenvalue weighted by Crippen LogP contribution is -2.57. The molecule has 152 valence electrons. The Morgan fingerprint density at radius 3 is 2.15 bits per heavy atom. The van der Waals surface area contributed by atoms with E-state index in [1.807, 2.05) is 27.7 Å². The summed E-state index contributed by atoms with van der Waals surface area (Å²) in [6.07, 6.45) is 1.31. The monoisotopic (exact) mass is 367 g/mol. The molecule has 2 unspecified atom stereocenters. The van der Waals surface area contributed by atoms with Gasteiger partial charge in [-0.2, -0.15) is 0 Å². The summed E-state index contributed by atoms with van der Waals surface area (Å²) in [6.45, 7) is 21.2. The Bertz CT molecular complexity index is 471. The van der Waals surface area contributed by atoms with Crippen molar-refractivity contribution in [3.63, 3.8) is 0 Å². The molecule has 1 aliphatic heterocycles. The molecular formula is C20H41N5O. The Hall–Kier alpha value is -1.30. The smallest absolute Gasteiger partial charge is 0.242 e. The Balaban J connectivity index is 2.63. The number of piperidine rings is 1. The van der Waals surface area contributed by atoms with Crippen LogP contribution >= 0.6 is 0 Å². The van der Waals surface area contributed by atoms with Gasteiger partial charge >= 0.3 is 0 Å². The number of nitrogens with one attached hydrogen (secondary N) is 3. The second kappa shape index (κ2) is 9.58. The summed E-state index contributed by atoms with van der Waals surface area (Å²) in [7, 11) is 0. The van der Waals surface area contributed by atoms with Crippen LogP contribution in [0, 0.1) is 11.8 Å². The topological polar surface area (TPSA) is 68.8 Å². The molecule has 3 N–H and O–H groups in total. The van der Waals surface area contributed by atoms with Crippen molar-refractivity contribution in [2.75, 3.05) is 32.7 Å². The van der Waals surface area contributed by atoms with E-state index in [2.05, 4.69) is 53.5 Å². The molecule has 1 heterocycles. The fourth-order valence-electron chi connectivity index (χ4n) is 3.52. The standard InChI is InChI=1S/C20H41N5O/c1-9-21-18(22-11-17(26)24-19(4,5)6)23-14-20(7,8)25-12-15(2)10-16(3)13-25/h15-16H,9-14H2,1-8H3,(H,24,26)(H2,21,22,23). The predicted molar refractivity (Wildman–Crippen MR) is 110 cm³/mol. The van der Waals surface area contributed by atoms with Gasteiger partial charge in [0.2, 0.25) is 5.91 Å². The second-order valence-electron chi connectivity index (χ2n) is 9.51. The molecule has 2 atom stereocenters. The van der Waals surface area contributed by atoms with Crippen LogP contribution in [0.4, 0.5) is 0 Å². The lowest BCUT2D eigenvalue weighted by molar-refractivity contribution is -0.121. The zero-order valence-corrected chi connectivity index (χ0v) is 18.2. The van der Waals surface area contributed by atoms with Crippen LogP contribution in [-0.2, 0) is 4.79 Å². The molecule has 0 radical (unpaired) electrons. The van der Waals surface area contributed by atoms with Crippen LogP contribution in [0.25, 0.3) is 0 Å². The molecule has 6 heteroatoms. The minimum Gasteiger partial charge on any atom is -0.357 e. The number of guanidine groups is 1. The van der Waals surface area contributed by atoms with E-state index in [1.54, 1.807) is 0 Å². The molecule has 1 rings (SSSR count). The minimum atomic E-state index is -0.234. The minimum absolute atomic E-state index is 0.0345. The zero-order chi connectivity index (χ0) is 20.0. The van der Waals surface area contributed by atoms with Gasteiger partial charge in [-0.1, -0.05) is 13.8 Å². The van der Waals surface area contributed by atoms with Crippen molar-refractivity contribution in [1.29, 1.82) is 0 Å². The van der Waals surface area contributed by atoms with Crippen LogP contribution in [0.2, 0.25) is 0 Å². The molecule has 0 aliphatic carbocycles. The highest BCUT2D eigenvalue weighted by Gasteiger charge is 2.32. The van der Waals surface area contributed by atoms with Gasteiger partial charge in [0.05, 0.1) is 0 Å². The number of rotatable bonds is 6. The first-order valence-electron chi connectivity index (χ1n) is 10.0. The number of aliphatic imine (C=N–C) groups is 1. The van der Waals surface area contributed by atoms with Crippen LogP contribution in [0.15, 0.2) is 4.99 Å². The maximum atomic E-state index is 12.0. The number of nitrogens with zero attached hydrogens (tertiary/aromatic N) is 2. The summed E-state index contributed by atoms with van der Waals surface area (Å²) in [4.78, 5) is 19.0. The Kier molecular flexibility index (Phi) is 8.38. The molecule has 6 nitrogen and oxygen atoms in total. The van der Waals surface area contributed by atoms with E-state index in [9.17, 15) is 4.79 Å². The maximum Gasteiger partial charge on any atom is 0.242 e. The van der Waals surface area contributed by atoms with Gasteiger partial charge in [0, 0.05) is 37.3 Å². The van der Waals surface area contributed by atoms with E-state index in [4.69, 9.17) is 0 Å². The highest BCUT2D eigenvalue weighted by atomic mass is 16.2. The maximum absolute atomic E-state index is 12.0. The summed E-state index contributed by atoms with van der Waals surface area (Å²) in [5, 5.41) is 9.60. The summed E-state index contributed by atoms with van der Waals surface area (Å²) < 4.78 is 0. The molecule has 0 aromatic heterocycles. The van der Waals surface area contributed by atoms with E-state index in [1.165, 1.54) is 6.42 Å². The van der Waals surface area contributed by atoms with E-state index >= 15 is 0 Å². The molecular weight excluding hydrogens is 326 g/mol. The highest BCUT2D eigenvalue weighted by Crippen LogP contribution is 2.26. The first-order valence-corrected chi connectivity index (χ1v) is 10.0. The first kappa shape index (κ1) is 22.7. The number of carbonyl (C=O) groups is 1. The van der Waals surface area contributed by atoms with Crippen molar-refractivity contribution in [1.82, 2.24) is 20.9 Å². The summed E-state index contributed by atoms with van der Waals surface area (Å²) in [6, 6.07) is 0. The second-order valence-corrected chi connectivity index (χ2v) is 9.51. The highest BCUT2D eigenvalue weighted by molar-refractivity contribution is 5.85. The van der Waals surface area contributed by atoms with Crippen molar-refractivity contribution in [2.24, 2.45) is 16.8 Å². The molecule has 0 aromatic rings. The molecule has 0 saturated carbocycles. The van der Waals surface area contributed by atoms with E-state index < -0.39 is 0 Å². The Labute approximate surface area is 160 Å². The number of likely N-dealkylation sites (tertiary alicyclic amines) is 1. The van der Waals surface area contributed by atoms with Crippen LogP contribution in [0.1, 0.15) is 61.8 Å². The van der Waals surface area contributed by atoms with Gasteiger partial charge in [0.1, 0.15) is 6.54 Å². The summed E-state index contributed by atoms with van der Waals surface area (Å²) in [5.41, 5.74) is -0.200. The summed E-state index contributed by atoms with van der Waals surface area (Å²) in [5.74, 6) is 2.11. The van der Waals surface area contributed by atoms with Crippen molar-refractivity contribution in [3.05, 3.63) is 0 Å². The van der Waals surface area contributed by atoms with Gasteiger partial charge in [0.25, 0.3) is 0 Å². The van der Waals surface area contributed by atoms with Crippen LogP contribution in [0.3, 0.4) is 0 Å². The SMILES string of the molecule is CCNC(=NCC(=O)NC(C)(C)C)NCC(C)(C)N1CC(C)CC(C)C1. The zero-order valence-electron chi connectivity index (χ0n) is 18.2. The van der Waals surface area contributed by atoms with Gasteiger partial charge in [0.15, 0.2) is 5.96 Å². The van der Waals surface area contributed by atoms with Crippen molar-refractivity contribution in [2.45, 2.75) is 72.9 Å². The summed E-state index contributed by atoms with van der Waals surface area (Å²) >= 11 is 0. The average molecular weight is 368 g/mol. The Morgan fingerprint density at radius 2 is 1.65 bits per heavy atom. The van der Waals surface area contributed by atoms with Crippen molar-refractivity contribution in [3.8, 4) is 0 Å². The van der Waals surface area contributed by atoms with Crippen LogP contribution in [0.5, 0.6) is 0 Å². The molecule has 1 amide bonds. The van der Waals surface area contributed by atoms with Crippen LogP contribution < -0.4 is 16.0 Å².